The maximum atomic E-state index is 12.7. The first kappa shape index (κ1) is 45.9. The highest BCUT2D eigenvalue weighted by Gasteiger charge is 2.50. The number of nitrogen functional groups attached to an aromatic ring is 1. The van der Waals surface area contributed by atoms with Crippen molar-refractivity contribution < 1.29 is 80.5 Å². The molecule has 0 bridgehead atoms. The first-order valence-electron chi connectivity index (χ1n) is 16.0. The van der Waals surface area contributed by atoms with Gasteiger partial charge in [0.1, 0.15) is 36.3 Å². The van der Waals surface area contributed by atoms with Gasteiger partial charge in [-0.25, -0.2) is 28.6 Å². The molecule has 28 heteroatoms. The van der Waals surface area contributed by atoms with Gasteiger partial charge in [-0.2, -0.15) is 4.31 Å². The molecule has 54 heavy (non-hydrogen) atoms. The van der Waals surface area contributed by atoms with Crippen molar-refractivity contribution in [3.8, 4) is 0 Å². The van der Waals surface area contributed by atoms with Gasteiger partial charge in [-0.3, -0.25) is 32.5 Å². The van der Waals surface area contributed by atoms with Gasteiger partial charge in [-0.15, -0.1) is 0 Å². The minimum absolute atomic E-state index is 0.0104. The molecule has 1 saturated heterocycles. The van der Waals surface area contributed by atoms with Gasteiger partial charge in [0.15, 0.2) is 22.8 Å². The molecule has 0 aromatic carbocycles. The Balaban J connectivity index is 1.51. The van der Waals surface area contributed by atoms with E-state index in [1.807, 2.05) is 13.8 Å². The largest absolute Gasteiger partial charge is 0.481 e. The molecule has 1 aliphatic heterocycles. The highest BCUT2D eigenvalue weighted by atomic mass is 32.2. The van der Waals surface area contributed by atoms with E-state index in [0.29, 0.717) is 12.2 Å². The molecule has 10 N–H and O–H groups in total. The molecule has 0 saturated carbocycles. The summed E-state index contributed by atoms with van der Waals surface area (Å²) in [5, 5.41) is 26.3. The Morgan fingerprint density at radius 3 is 2.37 bits per heavy atom. The van der Waals surface area contributed by atoms with Crippen molar-refractivity contribution in [3.63, 3.8) is 0 Å². The summed E-state index contributed by atoms with van der Waals surface area (Å²) in [7, 11) is -16.4. The minimum Gasteiger partial charge on any atom is -0.386 e. The molecule has 1 aliphatic rings. The Morgan fingerprint density at radius 2 is 1.72 bits per heavy atom. The van der Waals surface area contributed by atoms with E-state index >= 15 is 0 Å². The summed E-state index contributed by atoms with van der Waals surface area (Å²) < 4.78 is 62.0. The van der Waals surface area contributed by atoms with Crippen LogP contribution in [0.3, 0.4) is 0 Å². The Morgan fingerprint density at radius 1 is 1.06 bits per heavy atom. The molecule has 3 heterocycles. The maximum absolute atomic E-state index is 12.7. The van der Waals surface area contributed by atoms with E-state index in [1.54, 1.807) is 0 Å². The quantitative estimate of drug-likeness (QED) is 0.0575. The molecule has 306 valence electrons. The lowest BCUT2D eigenvalue weighted by molar-refractivity contribution is -0.137. The number of aromatic nitrogens is 4. The van der Waals surface area contributed by atoms with Crippen LogP contribution in [0.1, 0.15) is 46.8 Å². The predicted molar refractivity (Wildman–Crippen MR) is 187 cm³/mol. The van der Waals surface area contributed by atoms with Gasteiger partial charge in [-0.1, -0.05) is 39.5 Å². The second-order valence-electron chi connectivity index (χ2n) is 12.9. The van der Waals surface area contributed by atoms with Crippen molar-refractivity contribution in [2.24, 2.45) is 11.3 Å². The summed E-state index contributed by atoms with van der Waals surface area (Å²) in [6.45, 7) is 4.36. The Hall–Kier alpha value is -2.44. The van der Waals surface area contributed by atoms with Crippen LogP contribution in [0.2, 0.25) is 0 Å². The van der Waals surface area contributed by atoms with Crippen LogP contribution in [0.15, 0.2) is 12.7 Å². The molecule has 2 aromatic heterocycles. The summed E-state index contributed by atoms with van der Waals surface area (Å²) in [5.41, 5.74) is 4.27. The van der Waals surface area contributed by atoms with E-state index in [-0.39, 0.29) is 47.5 Å². The van der Waals surface area contributed by atoms with E-state index in [2.05, 4.69) is 34.4 Å². The number of aliphatic hydroxyl groups excluding tert-OH is 2. The Bertz CT molecular complexity index is 1780. The number of phosphoric ester groups is 3. The van der Waals surface area contributed by atoms with E-state index < -0.39 is 84.6 Å². The third kappa shape index (κ3) is 13.9. The Labute approximate surface area is 312 Å². The molecule has 7 atom stereocenters. The number of nitrogens with two attached hydrogens (primary N) is 1. The van der Waals surface area contributed by atoms with Crippen LogP contribution in [-0.2, 0) is 50.7 Å². The maximum Gasteiger partial charge on any atom is 0.481 e. The van der Waals surface area contributed by atoms with Crippen LogP contribution in [0, 0.1) is 11.3 Å². The monoisotopic (exact) mass is 851 g/mol. The van der Waals surface area contributed by atoms with Gasteiger partial charge in [0.05, 0.1) is 19.5 Å². The van der Waals surface area contributed by atoms with Crippen molar-refractivity contribution in [2.45, 2.75) is 71.2 Å². The Kier molecular flexibility index (Phi) is 16.3. The van der Waals surface area contributed by atoms with E-state index in [1.165, 1.54) is 13.8 Å². The molecule has 0 radical (unpaired) electrons. The number of hydrogen-bond acceptors (Lipinski definition) is 18. The number of amides is 2. The normalized spacial score (nSPS) is 22.1. The topological polar surface area (TPSA) is 364 Å². The van der Waals surface area contributed by atoms with Gasteiger partial charge < -0.3 is 50.9 Å². The number of ether oxygens (including phenoxy) is 1. The number of rotatable bonds is 21. The smallest absolute Gasteiger partial charge is 0.386 e. The zero-order valence-electron chi connectivity index (χ0n) is 29.4. The highest BCUT2D eigenvalue weighted by molar-refractivity contribution is 8.13. The van der Waals surface area contributed by atoms with Crippen LogP contribution in [-0.4, -0.2) is 123 Å². The number of carbonyl (C=O) groups excluding carboxylic acids is 3. The van der Waals surface area contributed by atoms with Crippen LogP contribution in [0.4, 0.5) is 5.82 Å². The standard InChI is InChI=1S/C26H44N7O17P3S/c1-14(2)9-17(35)54-8-7-28-16(34)5-6-29-24(38)21(37)26(3,4)11-47-53(44,45)50-52(42,43)46-10-15-20(49-51(39,40)41)19(36)25(48-15)33-13-32-18-22(27)30-12-31-23(18)33/h12-15,19-21,25,36-37H,5-11H2,1-4H3,(H,28,34)(H,29,38)(H,42,43)(H,44,45)(H2,27,30,31)(H2,39,40,41)/t15-,19-,20-,21+,25-/m1/s1. The number of imidazole rings is 1. The van der Waals surface area contributed by atoms with Crippen molar-refractivity contribution in [2.75, 3.05) is 37.8 Å². The number of fused-ring (bicyclic) bond motifs is 1. The molecule has 0 spiro atoms. The van der Waals surface area contributed by atoms with Gasteiger partial charge in [-0.05, 0) is 5.92 Å². The first-order valence-corrected chi connectivity index (χ1v) is 21.5. The van der Waals surface area contributed by atoms with Gasteiger partial charge in [0.2, 0.25) is 11.8 Å². The molecule has 3 rings (SSSR count). The fraction of sp³-hybridized carbons (Fsp3) is 0.692. The summed E-state index contributed by atoms with van der Waals surface area (Å²) >= 11 is 1.10. The molecular weight excluding hydrogens is 807 g/mol. The second-order valence-corrected chi connectivity index (χ2v) is 18.3. The van der Waals surface area contributed by atoms with E-state index in [0.717, 1.165) is 29.0 Å². The average molecular weight is 852 g/mol. The minimum atomic E-state index is -5.56. The van der Waals surface area contributed by atoms with Crippen molar-refractivity contribution in [1.82, 2.24) is 30.2 Å². The van der Waals surface area contributed by atoms with E-state index in [4.69, 9.17) is 19.5 Å². The molecule has 2 aromatic rings. The number of nitrogens with one attached hydrogen (secondary N) is 2. The number of anilines is 1. The van der Waals surface area contributed by atoms with Gasteiger partial charge in [0.25, 0.3) is 0 Å². The summed E-state index contributed by atoms with van der Waals surface area (Å²) in [6, 6.07) is 0. The molecule has 24 nitrogen and oxygen atoms in total. The zero-order chi connectivity index (χ0) is 40.6. The first-order chi connectivity index (χ1) is 24.9. The fourth-order valence-electron chi connectivity index (χ4n) is 4.69. The summed E-state index contributed by atoms with van der Waals surface area (Å²) in [6.07, 6.45) is -6.47. The summed E-state index contributed by atoms with van der Waals surface area (Å²) in [5.74, 6) is -0.844. The molecule has 2 amide bonds. The lowest BCUT2D eigenvalue weighted by Crippen LogP contribution is -2.46. The van der Waals surface area contributed by atoms with Crippen LogP contribution in [0.5, 0.6) is 0 Å². The zero-order valence-corrected chi connectivity index (χ0v) is 32.9. The molecule has 1 fully saturated rings. The third-order valence-electron chi connectivity index (χ3n) is 7.34. The fourth-order valence-corrected chi connectivity index (χ4v) is 8.40. The van der Waals surface area contributed by atoms with Crippen molar-refractivity contribution in [3.05, 3.63) is 12.7 Å². The van der Waals surface area contributed by atoms with Crippen LogP contribution >= 0.6 is 35.2 Å². The van der Waals surface area contributed by atoms with E-state index in [9.17, 15) is 57.9 Å². The van der Waals surface area contributed by atoms with Gasteiger partial charge >= 0.3 is 23.5 Å². The highest BCUT2D eigenvalue weighted by Crippen LogP contribution is 2.61. The van der Waals surface area contributed by atoms with Crippen molar-refractivity contribution in [1.29, 1.82) is 0 Å². The number of carbonyl (C=O) groups is 3. The number of nitrogens with zero attached hydrogens (tertiary/aromatic N) is 4. The third-order valence-corrected chi connectivity index (χ3v) is 11.3. The van der Waals surface area contributed by atoms with Crippen LogP contribution < -0.4 is 16.4 Å². The molecule has 0 aliphatic carbocycles. The van der Waals surface area contributed by atoms with Gasteiger partial charge in [0, 0.05) is 37.1 Å². The lowest BCUT2D eigenvalue weighted by Gasteiger charge is -2.30. The number of aliphatic hydroxyl groups is 2. The number of hydrogen-bond donors (Lipinski definition) is 9. The van der Waals surface area contributed by atoms with Crippen molar-refractivity contribution >= 4 is 69.1 Å². The number of phosphoric acid groups is 3. The second kappa shape index (κ2) is 19.1. The predicted octanol–water partition coefficient (Wildman–Crippen LogP) is -0.289. The number of thioether (sulfide) groups is 1. The lowest BCUT2D eigenvalue weighted by atomic mass is 9.87. The molecule has 2 unspecified atom stereocenters. The summed E-state index contributed by atoms with van der Waals surface area (Å²) in [4.78, 5) is 87.1. The van der Waals surface area contributed by atoms with Crippen LogP contribution in [0.25, 0.3) is 11.2 Å². The molecular formula is C26H44N7O17P3S. The SMILES string of the molecule is CC(C)CC(=O)SCCNC(=O)CCNC(=O)[C@H](O)C(C)(C)COP(=O)(O)OP(=O)(O)OC[C@H]1O[C@@H](n2cnc3c(N)ncnc32)[C@H](O)[C@@H]1OP(=O)(O)O. The average Bonchev–Trinajstić information content (AvgIpc) is 3.60.